The van der Waals surface area contributed by atoms with Crippen molar-refractivity contribution in [3.63, 3.8) is 0 Å². The molecule has 0 aliphatic rings. The van der Waals surface area contributed by atoms with E-state index in [2.05, 4.69) is 10.2 Å². The number of aromatic amines is 1. The summed E-state index contributed by atoms with van der Waals surface area (Å²) in [5.74, 6) is 0.657. The zero-order valence-electron chi connectivity index (χ0n) is 14.8. The number of rotatable bonds is 6. The van der Waals surface area contributed by atoms with Gasteiger partial charge in [0.15, 0.2) is 22.1 Å². The minimum absolute atomic E-state index is 0.0723. The summed E-state index contributed by atoms with van der Waals surface area (Å²) in [7, 11) is 4.57. The average Bonchev–Trinajstić information content (AvgIpc) is 3.08. The lowest BCUT2D eigenvalue weighted by Gasteiger charge is -2.14. The topological polar surface area (TPSA) is 101 Å². The van der Waals surface area contributed by atoms with E-state index in [-0.39, 0.29) is 5.56 Å². The molecule has 0 aliphatic carbocycles. The summed E-state index contributed by atoms with van der Waals surface area (Å²) in [4.78, 5) is 11.0. The number of aromatic nitrogens is 3. The third-order valence-electron chi connectivity index (χ3n) is 3.96. The van der Waals surface area contributed by atoms with Crippen LogP contribution >= 0.6 is 12.2 Å². The molecule has 3 aromatic rings. The Balaban J connectivity index is 2.17. The van der Waals surface area contributed by atoms with E-state index in [1.807, 2.05) is 0 Å². The third-order valence-corrected chi connectivity index (χ3v) is 4.23. The smallest absolute Gasteiger partial charge is 0.203 e. The number of H-pyrrole nitrogens is 1. The first-order valence-corrected chi connectivity index (χ1v) is 8.20. The SMILES string of the molecule is COc1cc(-c2n[nH]c(=S)n2-c2ccc(C(=O)[O-])cc2)cc(OC)c1OC. The molecule has 1 heterocycles. The number of carboxylic acid groups (broad SMARTS) is 1. The van der Waals surface area contributed by atoms with E-state index >= 15 is 0 Å². The second kappa shape index (κ2) is 7.50. The maximum Gasteiger partial charge on any atom is 0.203 e. The molecule has 1 N–H and O–H groups in total. The van der Waals surface area contributed by atoms with Crippen molar-refractivity contribution in [3.8, 4) is 34.3 Å². The van der Waals surface area contributed by atoms with E-state index < -0.39 is 5.97 Å². The molecule has 0 fully saturated rings. The highest BCUT2D eigenvalue weighted by atomic mass is 32.1. The Kier molecular flexibility index (Phi) is 5.13. The first-order valence-electron chi connectivity index (χ1n) is 7.79. The maximum atomic E-state index is 11.0. The number of methoxy groups -OCH3 is 3. The molecule has 0 saturated carbocycles. The highest BCUT2D eigenvalue weighted by Crippen LogP contribution is 2.41. The van der Waals surface area contributed by atoms with Crippen molar-refractivity contribution in [1.82, 2.24) is 14.8 Å². The average molecular weight is 386 g/mol. The number of benzene rings is 2. The highest BCUT2D eigenvalue weighted by Gasteiger charge is 2.18. The molecule has 0 bridgehead atoms. The van der Waals surface area contributed by atoms with Crippen molar-refractivity contribution in [3.05, 3.63) is 46.7 Å². The third kappa shape index (κ3) is 3.36. The molecule has 1 aromatic heterocycles. The van der Waals surface area contributed by atoms with E-state index in [1.165, 1.54) is 33.5 Å². The fourth-order valence-electron chi connectivity index (χ4n) is 2.69. The Hall–Kier alpha value is -3.33. The van der Waals surface area contributed by atoms with Crippen molar-refractivity contribution >= 4 is 18.2 Å². The van der Waals surface area contributed by atoms with Crippen LogP contribution < -0.4 is 19.3 Å². The molecule has 140 valence electrons. The summed E-state index contributed by atoms with van der Waals surface area (Å²) in [6.07, 6.45) is 0. The van der Waals surface area contributed by atoms with Gasteiger partial charge in [-0.25, -0.2) is 0 Å². The van der Waals surface area contributed by atoms with Gasteiger partial charge in [-0.15, -0.1) is 0 Å². The normalized spacial score (nSPS) is 10.5. The molecule has 8 nitrogen and oxygen atoms in total. The van der Waals surface area contributed by atoms with Gasteiger partial charge in [-0.05, 0) is 42.0 Å². The minimum atomic E-state index is -1.25. The van der Waals surface area contributed by atoms with Gasteiger partial charge in [-0.2, -0.15) is 5.10 Å². The molecule has 0 saturated heterocycles. The monoisotopic (exact) mass is 386 g/mol. The minimum Gasteiger partial charge on any atom is -0.545 e. The Morgan fingerprint density at radius 3 is 2.15 bits per heavy atom. The summed E-state index contributed by atoms with van der Waals surface area (Å²) in [5.41, 5.74) is 1.38. The fraction of sp³-hybridized carbons (Fsp3) is 0.167. The molecule has 27 heavy (non-hydrogen) atoms. The number of nitrogens with one attached hydrogen (secondary N) is 1. The van der Waals surface area contributed by atoms with Crippen LogP contribution in [-0.2, 0) is 0 Å². The zero-order chi connectivity index (χ0) is 19.6. The van der Waals surface area contributed by atoms with E-state index in [0.717, 1.165) is 0 Å². The Bertz CT molecular complexity index is 1010. The molecular weight excluding hydrogens is 370 g/mol. The predicted octanol–water partition coefficient (Wildman–Crippen LogP) is 1.99. The molecule has 2 aromatic carbocycles. The molecule has 9 heteroatoms. The number of hydrogen-bond donors (Lipinski definition) is 1. The van der Waals surface area contributed by atoms with Crippen molar-refractivity contribution in [2.45, 2.75) is 0 Å². The quantitative estimate of drug-likeness (QED) is 0.647. The number of carbonyl (C=O) groups excluding carboxylic acids is 1. The molecule has 0 unspecified atom stereocenters. The van der Waals surface area contributed by atoms with Crippen LogP contribution in [-0.4, -0.2) is 42.1 Å². The molecule has 0 aliphatic heterocycles. The lowest BCUT2D eigenvalue weighted by atomic mass is 10.1. The van der Waals surface area contributed by atoms with Gasteiger partial charge in [-0.3, -0.25) is 9.67 Å². The van der Waals surface area contributed by atoms with E-state index in [0.29, 0.717) is 39.1 Å². The lowest BCUT2D eigenvalue weighted by molar-refractivity contribution is -0.255. The summed E-state index contributed by atoms with van der Waals surface area (Å²) >= 11 is 5.34. The molecule has 0 amide bonds. The van der Waals surface area contributed by atoms with Crippen LogP contribution in [0.4, 0.5) is 0 Å². The molecule has 3 rings (SSSR count). The van der Waals surface area contributed by atoms with Gasteiger partial charge in [0.1, 0.15) is 0 Å². The number of carbonyl (C=O) groups is 1. The van der Waals surface area contributed by atoms with Crippen LogP contribution in [0.5, 0.6) is 17.2 Å². The molecule has 0 spiro atoms. The Morgan fingerprint density at radius 1 is 1.07 bits per heavy atom. The molecule has 0 atom stereocenters. The number of nitrogens with zero attached hydrogens (tertiary/aromatic N) is 2. The van der Waals surface area contributed by atoms with Crippen LogP contribution in [0.3, 0.4) is 0 Å². The van der Waals surface area contributed by atoms with Gasteiger partial charge < -0.3 is 24.1 Å². The van der Waals surface area contributed by atoms with Gasteiger partial charge in [0.25, 0.3) is 0 Å². The van der Waals surface area contributed by atoms with Gasteiger partial charge in [0.2, 0.25) is 5.75 Å². The van der Waals surface area contributed by atoms with Gasteiger partial charge in [-0.1, -0.05) is 12.1 Å². The largest absolute Gasteiger partial charge is 0.545 e. The van der Waals surface area contributed by atoms with Crippen LogP contribution in [0, 0.1) is 4.77 Å². The predicted molar refractivity (Wildman–Crippen MR) is 98.2 cm³/mol. The first kappa shape index (κ1) is 18.5. The first-order chi connectivity index (χ1) is 13.0. The van der Waals surface area contributed by atoms with E-state index in [4.69, 9.17) is 26.4 Å². The van der Waals surface area contributed by atoms with Crippen molar-refractivity contribution in [2.75, 3.05) is 21.3 Å². The summed E-state index contributed by atoms with van der Waals surface area (Å²) in [6.45, 7) is 0. The number of carboxylic acids is 1. The Morgan fingerprint density at radius 2 is 1.67 bits per heavy atom. The van der Waals surface area contributed by atoms with Crippen molar-refractivity contribution in [2.24, 2.45) is 0 Å². The summed E-state index contributed by atoms with van der Waals surface area (Å²) in [5, 5.41) is 18.0. The molecule has 0 radical (unpaired) electrons. The van der Waals surface area contributed by atoms with Crippen LogP contribution in [0.25, 0.3) is 17.1 Å². The van der Waals surface area contributed by atoms with E-state index in [1.54, 1.807) is 28.8 Å². The van der Waals surface area contributed by atoms with Gasteiger partial charge in [0, 0.05) is 5.56 Å². The van der Waals surface area contributed by atoms with Crippen LogP contribution in [0.2, 0.25) is 0 Å². The van der Waals surface area contributed by atoms with Crippen molar-refractivity contribution in [1.29, 1.82) is 0 Å². The van der Waals surface area contributed by atoms with Gasteiger partial charge in [0.05, 0.1) is 33.0 Å². The highest BCUT2D eigenvalue weighted by molar-refractivity contribution is 7.71. The van der Waals surface area contributed by atoms with Crippen molar-refractivity contribution < 1.29 is 24.1 Å². The maximum absolute atomic E-state index is 11.0. The summed E-state index contributed by atoms with van der Waals surface area (Å²) < 4.78 is 18.1. The number of hydrogen-bond acceptors (Lipinski definition) is 7. The zero-order valence-corrected chi connectivity index (χ0v) is 15.6. The second-order valence-corrected chi connectivity index (χ2v) is 5.82. The lowest BCUT2D eigenvalue weighted by Crippen LogP contribution is -2.22. The standard InChI is InChI=1S/C18H17N3O5S/c1-24-13-8-11(9-14(25-2)15(13)26-3)16-19-20-18(27)21(16)12-6-4-10(5-7-12)17(22)23/h4-9H,1-3H3,(H,20,27)(H,22,23)/p-1. The fourth-order valence-corrected chi connectivity index (χ4v) is 2.92. The van der Waals surface area contributed by atoms with E-state index in [9.17, 15) is 9.90 Å². The number of aromatic carboxylic acids is 1. The van der Waals surface area contributed by atoms with Crippen LogP contribution in [0.1, 0.15) is 10.4 Å². The molecular formula is C18H16N3O5S-. The van der Waals surface area contributed by atoms with Crippen LogP contribution in [0.15, 0.2) is 36.4 Å². The second-order valence-electron chi connectivity index (χ2n) is 5.44. The number of ether oxygens (including phenoxy) is 3. The Labute approximate surface area is 159 Å². The summed E-state index contributed by atoms with van der Waals surface area (Å²) in [6, 6.07) is 9.63. The van der Waals surface area contributed by atoms with Gasteiger partial charge >= 0.3 is 0 Å².